The van der Waals surface area contributed by atoms with Crippen molar-refractivity contribution in [2.75, 3.05) is 37.1 Å². The zero-order valence-electron chi connectivity index (χ0n) is 25.9. The van der Waals surface area contributed by atoms with Crippen LogP contribution in [0.3, 0.4) is 0 Å². The van der Waals surface area contributed by atoms with Gasteiger partial charge in [0, 0.05) is 21.8 Å². The quantitative estimate of drug-likeness (QED) is 0.212. The summed E-state index contributed by atoms with van der Waals surface area (Å²) in [6.07, 6.45) is 4.28. The van der Waals surface area contributed by atoms with Gasteiger partial charge in [-0.2, -0.15) is 10.5 Å². The molecule has 2 aliphatic heterocycles. The highest BCUT2D eigenvalue weighted by Crippen LogP contribution is 2.54. The fourth-order valence-corrected chi connectivity index (χ4v) is 6.17. The van der Waals surface area contributed by atoms with Crippen molar-refractivity contribution in [3.63, 3.8) is 0 Å². The third-order valence-electron chi connectivity index (χ3n) is 6.69. The highest BCUT2D eigenvalue weighted by Gasteiger charge is 2.59. The summed E-state index contributed by atoms with van der Waals surface area (Å²) in [5, 5.41) is 19.2. The second kappa shape index (κ2) is 25.0. The van der Waals surface area contributed by atoms with E-state index in [2.05, 4.69) is 203 Å². The van der Waals surface area contributed by atoms with Crippen molar-refractivity contribution < 1.29 is 18.9 Å². The summed E-state index contributed by atoms with van der Waals surface area (Å²) in [7, 11) is 0. The Labute approximate surface area is 382 Å². The molecule has 0 unspecified atom stereocenters. The minimum absolute atomic E-state index is 0.389. The second-order valence-electron chi connectivity index (χ2n) is 10.3. The minimum Gasteiger partial charge on any atom is -0.347 e. The summed E-state index contributed by atoms with van der Waals surface area (Å²) >= 11 is 25.4. The Balaban J connectivity index is 0.000000319. The Morgan fingerprint density at radius 2 is 1.19 bits per heavy atom. The molecule has 1 aliphatic carbocycles. The summed E-state index contributed by atoms with van der Waals surface area (Å²) in [4.78, 5) is 0. The molecule has 2 saturated heterocycles. The van der Waals surface area contributed by atoms with Crippen LogP contribution in [0.4, 0.5) is 0 Å². The molecule has 47 heavy (non-hydrogen) atoms. The van der Waals surface area contributed by atoms with Gasteiger partial charge < -0.3 is 18.9 Å². The number of benzene rings is 2. The lowest BCUT2D eigenvalue weighted by atomic mass is 9.61. The number of hydrogen-bond acceptors (Lipinski definition) is 6. The average molecular weight is 1470 g/mol. The topological polar surface area (TPSA) is 84.5 Å². The third kappa shape index (κ3) is 18.6. The van der Waals surface area contributed by atoms with Gasteiger partial charge in [0.15, 0.2) is 11.6 Å². The van der Waals surface area contributed by atoms with E-state index in [4.69, 9.17) is 24.2 Å². The number of nitriles is 2. The molecule has 2 aromatic carbocycles. The minimum atomic E-state index is -0.483. The molecule has 0 amide bonds. The first-order chi connectivity index (χ1) is 22.2. The SMILES string of the molecule is BrCC1(CBr)OCCO1.CCC(I)(I)I.CCC(I)I.N#CC1(c2ccc(Br)cc2)CC2(C1)OCCO2.N#CCc1ccc(Br)cc1. The maximum atomic E-state index is 9.43. The first-order valence-corrected chi connectivity index (χ1v) is 24.0. The highest BCUT2D eigenvalue weighted by atomic mass is 127. The Morgan fingerprint density at radius 3 is 1.51 bits per heavy atom. The third-order valence-corrected chi connectivity index (χ3v) is 13.5. The van der Waals surface area contributed by atoms with E-state index in [-0.39, 0.29) is 5.79 Å². The fraction of sp³-hybridized carbons (Fsp3) is 0.562. The van der Waals surface area contributed by atoms with Crippen molar-refractivity contribution in [2.24, 2.45) is 0 Å². The van der Waals surface area contributed by atoms with Crippen molar-refractivity contribution in [1.82, 2.24) is 0 Å². The van der Waals surface area contributed by atoms with Crippen molar-refractivity contribution in [2.45, 2.75) is 64.3 Å². The molecule has 1 spiro atoms. The smallest absolute Gasteiger partial charge is 0.187 e. The van der Waals surface area contributed by atoms with Gasteiger partial charge in [-0.3, -0.25) is 0 Å². The molecule has 1 saturated carbocycles. The van der Waals surface area contributed by atoms with Gasteiger partial charge in [-0.15, -0.1) is 0 Å². The monoisotopic (exact) mass is 1460 g/mol. The van der Waals surface area contributed by atoms with E-state index in [9.17, 15) is 5.26 Å². The molecule has 5 rings (SSSR count). The van der Waals surface area contributed by atoms with Crippen LogP contribution in [0.15, 0.2) is 57.5 Å². The average Bonchev–Trinajstić information content (AvgIpc) is 3.74. The van der Waals surface area contributed by atoms with Crippen LogP contribution < -0.4 is 0 Å². The van der Waals surface area contributed by atoms with Gasteiger partial charge in [-0.05, 0) is 48.2 Å². The Kier molecular flexibility index (Phi) is 25.5. The lowest BCUT2D eigenvalue weighted by Gasteiger charge is -2.48. The molecular weight excluding hydrogens is 1430 g/mol. The maximum absolute atomic E-state index is 9.43. The van der Waals surface area contributed by atoms with E-state index in [1.165, 1.54) is 12.8 Å². The van der Waals surface area contributed by atoms with Crippen LogP contribution in [0.2, 0.25) is 0 Å². The van der Waals surface area contributed by atoms with Gasteiger partial charge >= 0.3 is 0 Å². The van der Waals surface area contributed by atoms with E-state index in [0.717, 1.165) is 32.7 Å². The van der Waals surface area contributed by atoms with Crippen molar-refractivity contribution in [3.05, 3.63) is 68.6 Å². The molecule has 3 fully saturated rings. The standard InChI is InChI=1S/C13H12BrNO2.C8H6BrN.C5H8Br2O2.C3H5I3.C3H6I2/c14-11-3-1-10(2-4-11)12(9-15)7-13(8-12)16-5-6-17-13;9-8-3-1-7(2-4-8)5-6-10;6-3-5(4-7)8-1-2-9-5;1-2-3(4,5)6;1-2-3(4)5/h1-4H,5-8H2;1-4H,5H2;1-4H2;2H2,1H3;3H,2H2,1H3. The number of rotatable bonds is 6. The zero-order valence-corrected chi connectivity index (χ0v) is 43.0. The van der Waals surface area contributed by atoms with E-state index >= 15 is 0 Å². The number of hydrogen-bond donors (Lipinski definition) is 0. The largest absolute Gasteiger partial charge is 0.347 e. The summed E-state index contributed by atoms with van der Waals surface area (Å²) in [6, 6.07) is 20.2. The molecule has 2 aromatic rings. The van der Waals surface area contributed by atoms with Gasteiger partial charge in [0.1, 0.15) is -0.565 Å². The molecule has 262 valence electrons. The van der Waals surface area contributed by atoms with Crippen molar-refractivity contribution >= 4 is 177 Å². The van der Waals surface area contributed by atoms with Crippen LogP contribution in [0.5, 0.6) is 0 Å². The molecule has 0 aromatic heterocycles. The molecule has 3 aliphatic rings. The Hall–Kier alpha value is 2.83. The fourth-order valence-electron chi connectivity index (χ4n) is 4.07. The first kappa shape index (κ1) is 47.9. The number of halogens is 9. The molecular formula is C32H37Br4I5N2O4. The van der Waals surface area contributed by atoms with Gasteiger partial charge in [0.25, 0.3) is 0 Å². The van der Waals surface area contributed by atoms with Crippen molar-refractivity contribution in [3.8, 4) is 12.1 Å². The lowest BCUT2D eigenvalue weighted by molar-refractivity contribution is -0.229. The van der Waals surface area contributed by atoms with Crippen LogP contribution in [0, 0.1) is 22.7 Å². The predicted molar refractivity (Wildman–Crippen MR) is 248 cm³/mol. The molecule has 0 N–H and O–H groups in total. The first-order valence-electron chi connectivity index (χ1n) is 14.5. The molecule has 2 heterocycles. The molecule has 6 nitrogen and oxygen atoms in total. The highest BCUT2D eigenvalue weighted by molar-refractivity contribution is 14.3. The van der Waals surface area contributed by atoms with Crippen molar-refractivity contribution in [1.29, 1.82) is 10.5 Å². The van der Waals surface area contributed by atoms with E-state index < -0.39 is 11.2 Å². The van der Waals surface area contributed by atoms with E-state index in [1.54, 1.807) is 0 Å². The molecule has 0 atom stereocenters. The van der Waals surface area contributed by atoms with Crippen LogP contribution in [-0.4, -0.2) is 50.0 Å². The Morgan fingerprint density at radius 1 is 0.787 bits per heavy atom. The van der Waals surface area contributed by atoms with Gasteiger partial charge in [0.2, 0.25) is 0 Å². The van der Waals surface area contributed by atoms with Gasteiger partial charge in [-0.25, -0.2) is 0 Å². The van der Waals surface area contributed by atoms with Gasteiger partial charge in [0.05, 0.1) is 63.0 Å². The molecule has 0 bridgehead atoms. The van der Waals surface area contributed by atoms with Crippen LogP contribution >= 0.6 is 177 Å². The van der Waals surface area contributed by atoms with Crippen LogP contribution in [-0.2, 0) is 30.8 Å². The lowest BCUT2D eigenvalue weighted by Crippen LogP contribution is -2.54. The number of nitrogens with zero attached hydrogens (tertiary/aromatic N) is 2. The Bertz CT molecular complexity index is 1230. The summed E-state index contributed by atoms with van der Waals surface area (Å²) in [5.41, 5.74) is 1.67. The van der Waals surface area contributed by atoms with Crippen LogP contribution in [0.25, 0.3) is 0 Å². The normalized spacial score (nSPS) is 17.9. The molecule has 15 heteroatoms. The maximum Gasteiger partial charge on any atom is 0.187 e. The summed E-state index contributed by atoms with van der Waals surface area (Å²) in [5.74, 6) is -0.872. The second-order valence-corrected chi connectivity index (χ2v) is 30.3. The number of ether oxygens (including phenoxy) is 4. The predicted octanol–water partition coefficient (Wildman–Crippen LogP) is 12.7. The summed E-state index contributed by atoms with van der Waals surface area (Å²) < 4.78 is 25.2. The van der Waals surface area contributed by atoms with Crippen LogP contribution in [0.1, 0.15) is 50.7 Å². The van der Waals surface area contributed by atoms with E-state index in [1.807, 2.05) is 48.5 Å². The zero-order chi connectivity index (χ0) is 35.6. The summed E-state index contributed by atoms with van der Waals surface area (Å²) in [6.45, 7) is 7.06. The molecule has 0 radical (unpaired) electrons. The number of alkyl halides is 7. The van der Waals surface area contributed by atoms with Gasteiger partial charge in [-0.1, -0.05) is 215 Å². The van der Waals surface area contributed by atoms with E-state index in [0.29, 0.717) is 45.1 Å².